The second-order valence-electron chi connectivity index (χ2n) is 4.43. The Hall–Kier alpha value is -2.15. The first kappa shape index (κ1) is 15.2. The number of carbonyl (C=O) groups is 2. The average Bonchev–Trinajstić information content (AvgIpc) is 3.07. The standard InChI is InChI=1S/C14H16N2O4S/c1-4-19-14(18)12-15-11(8-21-12)13(17)16(3)7-10-6-5-9(2)20-10/h5-6,8H,4,7H2,1-3H3. The van der Waals surface area contributed by atoms with Crippen molar-refractivity contribution >= 4 is 23.2 Å². The zero-order chi connectivity index (χ0) is 15.4. The number of rotatable bonds is 5. The number of esters is 1. The Labute approximate surface area is 126 Å². The van der Waals surface area contributed by atoms with Crippen LogP contribution in [-0.4, -0.2) is 35.4 Å². The van der Waals surface area contributed by atoms with Gasteiger partial charge in [0.25, 0.3) is 5.91 Å². The highest BCUT2D eigenvalue weighted by Crippen LogP contribution is 2.15. The third-order valence-corrected chi connectivity index (χ3v) is 3.53. The Balaban J connectivity index is 2.04. The molecule has 0 unspecified atom stereocenters. The first-order chi connectivity index (χ1) is 10.0. The lowest BCUT2D eigenvalue weighted by Crippen LogP contribution is -2.26. The van der Waals surface area contributed by atoms with Crippen molar-refractivity contribution in [2.45, 2.75) is 20.4 Å². The lowest BCUT2D eigenvalue weighted by Gasteiger charge is -2.13. The van der Waals surface area contributed by atoms with Gasteiger partial charge in [0.1, 0.15) is 17.2 Å². The van der Waals surface area contributed by atoms with Crippen LogP contribution in [-0.2, 0) is 11.3 Å². The Morgan fingerprint density at radius 1 is 1.43 bits per heavy atom. The fraction of sp³-hybridized carbons (Fsp3) is 0.357. The normalized spacial score (nSPS) is 10.4. The van der Waals surface area contributed by atoms with Gasteiger partial charge in [0.15, 0.2) is 0 Å². The smallest absolute Gasteiger partial charge is 0.367 e. The van der Waals surface area contributed by atoms with E-state index in [-0.39, 0.29) is 23.2 Å². The van der Waals surface area contributed by atoms with Crippen LogP contribution < -0.4 is 0 Å². The number of amides is 1. The Morgan fingerprint density at radius 3 is 2.81 bits per heavy atom. The van der Waals surface area contributed by atoms with E-state index in [0.717, 1.165) is 17.1 Å². The minimum absolute atomic E-state index is 0.183. The third-order valence-electron chi connectivity index (χ3n) is 2.71. The van der Waals surface area contributed by atoms with Gasteiger partial charge in [0, 0.05) is 12.4 Å². The highest BCUT2D eigenvalue weighted by atomic mass is 32.1. The third kappa shape index (κ3) is 3.69. The van der Waals surface area contributed by atoms with Crippen molar-refractivity contribution in [2.24, 2.45) is 0 Å². The first-order valence-electron chi connectivity index (χ1n) is 6.44. The summed E-state index contributed by atoms with van der Waals surface area (Å²) >= 11 is 1.10. The van der Waals surface area contributed by atoms with Crippen LogP contribution in [0.4, 0.5) is 0 Å². The molecule has 0 aliphatic carbocycles. The molecule has 2 aromatic rings. The molecular weight excluding hydrogens is 292 g/mol. The molecule has 1 amide bonds. The summed E-state index contributed by atoms with van der Waals surface area (Å²) in [6.45, 7) is 4.19. The minimum Gasteiger partial charge on any atom is -0.464 e. The summed E-state index contributed by atoms with van der Waals surface area (Å²) in [4.78, 5) is 29.3. The van der Waals surface area contributed by atoms with Crippen molar-refractivity contribution in [3.05, 3.63) is 39.7 Å². The summed E-state index contributed by atoms with van der Waals surface area (Å²) in [5.41, 5.74) is 0.230. The molecule has 0 spiro atoms. The van der Waals surface area contributed by atoms with Gasteiger partial charge in [-0.3, -0.25) is 4.79 Å². The summed E-state index contributed by atoms with van der Waals surface area (Å²) in [7, 11) is 1.66. The number of aromatic nitrogens is 1. The highest BCUT2D eigenvalue weighted by Gasteiger charge is 2.19. The Kier molecular flexibility index (Phi) is 4.74. The van der Waals surface area contributed by atoms with Gasteiger partial charge in [-0.2, -0.15) is 0 Å². The van der Waals surface area contributed by atoms with Crippen molar-refractivity contribution in [1.29, 1.82) is 0 Å². The monoisotopic (exact) mass is 308 g/mol. The van der Waals surface area contributed by atoms with Crippen molar-refractivity contribution in [3.63, 3.8) is 0 Å². The highest BCUT2D eigenvalue weighted by molar-refractivity contribution is 7.11. The molecular formula is C14H16N2O4S. The summed E-state index contributed by atoms with van der Waals surface area (Å²) in [6.07, 6.45) is 0. The lowest BCUT2D eigenvalue weighted by atomic mass is 10.3. The van der Waals surface area contributed by atoms with Gasteiger partial charge in [0.2, 0.25) is 5.01 Å². The van der Waals surface area contributed by atoms with Gasteiger partial charge < -0.3 is 14.1 Å². The maximum absolute atomic E-state index is 12.2. The number of carbonyl (C=O) groups excluding carboxylic acids is 2. The van der Waals surface area contributed by atoms with Crippen LogP contribution >= 0.6 is 11.3 Å². The van der Waals surface area contributed by atoms with Gasteiger partial charge in [-0.25, -0.2) is 9.78 Å². The van der Waals surface area contributed by atoms with Crippen LogP contribution in [0.1, 0.15) is 38.7 Å². The van der Waals surface area contributed by atoms with Crippen LogP contribution in [0.15, 0.2) is 21.9 Å². The second kappa shape index (κ2) is 6.53. The van der Waals surface area contributed by atoms with Crippen molar-refractivity contribution in [1.82, 2.24) is 9.88 Å². The lowest BCUT2D eigenvalue weighted by molar-refractivity contribution is 0.0526. The molecule has 0 N–H and O–H groups in total. The Bertz CT molecular complexity index is 647. The molecule has 2 heterocycles. The molecule has 21 heavy (non-hydrogen) atoms. The Morgan fingerprint density at radius 2 is 2.19 bits per heavy atom. The molecule has 0 bridgehead atoms. The SMILES string of the molecule is CCOC(=O)c1nc(C(=O)N(C)Cc2ccc(C)o2)cs1. The molecule has 2 aromatic heterocycles. The van der Waals surface area contributed by atoms with E-state index in [1.165, 1.54) is 4.90 Å². The predicted molar refractivity (Wildman–Crippen MR) is 77.3 cm³/mol. The van der Waals surface area contributed by atoms with Gasteiger partial charge in [-0.15, -0.1) is 11.3 Å². The molecule has 0 atom stereocenters. The topological polar surface area (TPSA) is 72.6 Å². The number of furan rings is 1. The van der Waals surface area contributed by atoms with Crippen LogP contribution in [0.5, 0.6) is 0 Å². The molecule has 2 rings (SSSR count). The van der Waals surface area contributed by atoms with Crippen molar-refractivity contribution in [3.8, 4) is 0 Å². The molecule has 112 valence electrons. The van der Waals surface area contributed by atoms with E-state index in [1.54, 1.807) is 19.4 Å². The molecule has 0 aromatic carbocycles. The molecule has 0 aliphatic rings. The van der Waals surface area contributed by atoms with Crippen LogP contribution in [0.2, 0.25) is 0 Å². The average molecular weight is 308 g/mol. The maximum atomic E-state index is 12.2. The number of hydrogen-bond acceptors (Lipinski definition) is 6. The summed E-state index contributed by atoms with van der Waals surface area (Å²) in [5.74, 6) is 0.718. The van der Waals surface area contributed by atoms with Crippen LogP contribution in [0, 0.1) is 6.92 Å². The van der Waals surface area contributed by atoms with E-state index in [1.807, 2.05) is 19.1 Å². The van der Waals surface area contributed by atoms with E-state index in [0.29, 0.717) is 12.3 Å². The maximum Gasteiger partial charge on any atom is 0.367 e. The molecule has 0 saturated carbocycles. The number of hydrogen-bond donors (Lipinski definition) is 0. The number of aryl methyl sites for hydroxylation is 1. The zero-order valence-corrected chi connectivity index (χ0v) is 12.9. The fourth-order valence-electron chi connectivity index (χ4n) is 1.73. The number of thiazole rings is 1. The largest absolute Gasteiger partial charge is 0.464 e. The minimum atomic E-state index is -0.508. The molecule has 0 aliphatic heterocycles. The second-order valence-corrected chi connectivity index (χ2v) is 5.29. The van der Waals surface area contributed by atoms with Crippen LogP contribution in [0.25, 0.3) is 0 Å². The van der Waals surface area contributed by atoms with Gasteiger partial charge in [0.05, 0.1) is 13.2 Å². The van der Waals surface area contributed by atoms with Crippen molar-refractivity contribution < 1.29 is 18.7 Å². The quantitative estimate of drug-likeness (QED) is 0.793. The zero-order valence-electron chi connectivity index (χ0n) is 12.1. The molecule has 0 radical (unpaired) electrons. The number of nitrogens with zero attached hydrogens (tertiary/aromatic N) is 2. The molecule has 6 nitrogen and oxygen atoms in total. The molecule has 7 heteroatoms. The van der Waals surface area contributed by atoms with Gasteiger partial charge >= 0.3 is 5.97 Å². The fourth-order valence-corrected chi connectivity index (χ4v) is 2.41. The van der Waals surface area contributed by atoms with E-state index in [2.05, 4.69) is 4.98 Å². The van der Waals surface area contributed by atoms with Gasteiger partial charge in [-0.05, 0) is 26.0 Å². The predicted octanol–water partition coefficient (Wildman–Crippen LogP) is 2.49. The first-order valence-corrected chi connectivity index (χ1v) is 7.32. The van der Waals surface area contributed by atoms with E-state index in [9.17, 15) is 9.59 Å². The van der Waals surface area contributed by atoms with Gasteiger partial charge in [-0.1, -0.05) is 0 Å². The summed E-state index contributed by atoms with van der Waals surface area (Å²) < 4.78 is 10.3. The van der Waals surface area contributed by atoms with E-state index >= 15 is 0 Å². The summed E-state index contributed by atoms with van der Waals surface area (Å²) in [6, 6.07) is 3.67. The summed E-state index contributed by atoms with van der Waals surface area (Å²) in [5, 5.41) is 1.74. The molecule has 0 saturated heterocycles. The van der Waals surface area contributed by atoms with E-state index in [4.69, 9.17) is 9.15 Å². The molecule has 0 fully saturated rings. The van der Waals surface area contributed by atoms with Crippen LogP contribution in [0.3, 0.4) is 0 Å². The number of ether oxygens (including phenoxy) is 1. The van der Waals surface area contributed by atoms with Crippen molar-refractivity contribution in [2.75, 3.05) is 13.7 Å². The van der Waals surface area contributed by atoms with E-state index < -0.39 is 5.97 Å².